The molecule has 6 aromatic rings. The number of ether oxygens (including phenoxy) is 1. The molecule has 3 aliphatic rings. The first kappa shape index (κ1) is 48.3. The molecule has 3 N–H and O–H groups in total. The number of nitrogens with zero attached hydrogens (tertiary/aromatic N) is 8. The zero-order chi connectivity index (χ0) is 48.7. The zero-order valence-corrected chi connectivity index (χ0v) is 42.6. The van der Waals surface area contributed by atoms with Crippen LogP contribution >= 0.6 is 23.1 Å². The summed E-state index contributed by atoms with van der Waals surface area (Å²) in [5.74, 6) is 0.344. The molecule has 6 heterocycles. The van der Waals surface area contributed by atoms with E-state index in [9.17, 15) is 18.9 Å². The highest BCUT2D eigenvalue weighted by Crippen LogP contribution is 2.42. The van der Waals surface area contributed by atoms with Gasteiger partial charge in [-0.2, -0.15) is 4.98 Å². The summed E-state index contributed by atoms with van der Waals surface area (Å²) in [5.41, 5.74) is 6.64. The molecule has 0 saturated carbocycles. The largest absolute Gasteiger partial charge is 0.494 e. The monoisotopic (exact) mass is 1020 g/mol. The number of aryl methyl sites for hydroxylation is 3. The summed E-state index contributed by atoms with van der Waals surface area (Å²) in [6.45, 7) is 13.8. The molecule has 0 spiro atoms. The molecule has 69 heavy (non-hydrogen) atoms. The Kier molecular flexibility index (Phi) is 14.0. The number of hydrogen-bond acceptors (Lipinski definition) is 13. The SMILES string of the molecule is CCc1ccc2c(P(C)(C)=O)c(Nc3nc(Nc4cc(CC)c(N5CCC(N6CCN(CCc7c(F)ccc8c7n(C)c(=O)n8C7CCC(=O)NC7=O)CC6)CC5)cc4OC)ncc3Br)ccc2n1. The Morgan fingerprint density at radius 2 is 1.68 bits per heavy atom. The van der Waals surface area contributed by atoms with Crippen molar-refractivity contribution < 1.29 is 23.3 Å². The zero-order valence-electron chi connectivity index (χ0n) is 40.1. The Morgan fingerprint density at radius 3 is 2.38 bits per heavy atom. The molecule has 3 fully saturated rings. The molecule has 1 unspecified atom stereocenters. The van der Waals surface area contributed by atoms with E-state index >= 15 is 4.39 Å². The van der Waals surface area contributed by atoms with Crippen molar-refractivity contribution in [1.29, 1.82) is 0 Å². The standard InChI is InChI=1S/C50H60BrFN11O5P/c1-7-30-27-39(56-49-53-29-35(51)47(58-49)55-38-13-12-37-34(46(38)69(5,6)67)10-9-31(8-2)54-37)43(68-4)28-42(30)62-21-17-32(18-22-62)61-25-23-60(24-26-61)20-19-33-36(52)11-14-40-45(33)59(3)50(66)63(40)41-15-16-44(64)57-48(41)65/h9-14,27-29,32,41H,7-8,15-26H2,1-6H3,(H,57,64,65)(H2,53,55,56,58). The minimum Gasteiger partial charge on any atom is -0.494 e. The van der Waals surface area contributed by atoms with Crippen LogP contribution in [0.3, 0.4) is 0 Å². The molecule has 3 saturated heterocycles. The summed E-state index contributed by atoms with van der Waals surface area (Å²) in [6, 6.07) is 14.7. The smallest absolute Gasteiger partial charge is 0.329 e. The van der Waals surface area contributed by atoms with Crippen LogP contribution in [0.25, 0.3) is 21.9 Å². The van der Waals surface area contributed by atoms with Gasteiger partial charge in [-0.15, -0.1) is 0 Å². The number of anilines is 5. The Hall–Kier alpha value is -5.68. The maximum absolute atomic E-state index is 15.5. The van der Waals surface area contributed by atoms with Crippen LogP contribution in [0.2, 0.25) is 0 Å². The second-order valence-corrected chi connectivity index (χ2v) is 22.6. The number of methoxy groups -OCH3 is 1. The van der Waals surface area contributed by atoms with Crippen molar-refractivity contribution >= 4 is 91.0 Å². The van der Waals surface area contributed by atoms with Gasteiger partial charge in [0.2, 0.25) is 17.8 Å². The van der Waals surface area contributed by atoms with Gasteiger partial charge in [-0.25, -0.2) is 14.2 Å². The normalized spacial score (nSPS) is 17.7. The highest BCUT2D eigenvalue weighted by atomic mass is 79.9. The summed E-state index contributed by atoms with van der Waals surface area (Å²) in [4.78, 5) is 59.6. The molecular formula is C50H60BrFN11O5P. The van der Waals surface area contributed by atoms with Crippen LogP contribution in [0.1, 0.15) is 62.4 Å². The van der Waals surface area contributed by atoms with Crippen LogP contribution in [-0.4, -0.2) is 118 Å². The molecule has 3 aromatic heterocycles. The maximum Gasteiger partial charge on any atom is 0.329 e. The molecule has 2 amide bonds. The molecule has 0 radical (unpaired) electrons. The number of rotatable bonds is 14. The van der Waals surface area contributed by atoms with Gasteiger partial charge < -0.3 is 29.7 Å². The molecule has 9 rings (SSSR count). The van der Waals surface area contributed by atoms with E-state index in [1.807, 2.05) is 24.3 Å². The van der Waals surface area contributed by atoms with Crippen molar-refractivity contribution in [3.63, 3.8) is 0 Å². The van der Waals surface area contributed by atoms with Crippen molar-refractivity contribution in [3.8, 4) is 5.75 Å². The van der Waals surface area contributed by atoms with Crippen molar-refractivity contribution in [2.75, 3.05) is 81.8 Å². The number of carbonyl (C=O) groups excluding carboxylic acids is 2. The van der Waals surface area contributed by atoms with E-state index in [4.69, 9.17) is 14.7 Å². The maximum atomic E-state index is 15.5. The number of hydrogen-bond donors (Lipinski definition) is 3. The topological polar surface area (TPSA) is 172 Å². The van der Waals surface area contributed by atoms with Crippen LogP contribution in [0.15, 0.2) is 64.0 Å². The summed E-state index contributed by atoms with van der Waals surface area (Å²) in [5, 5.41) is 10.8. The Bertz CT molecular complexity index is 3070. The van der Waals surface area contributed by atoms with Crippen LogP contribution in [-0.2, 0) is 40.5 Å². The molecule has 3 aromatic carbocycles. The van der Waals surface area contributed by atoms with Crippen molar-refractivity contribution in [2.45, 2.75) is 70.9 Å². The van der Waals surface area contributed by atoms with Crippen LogP contribution < -0.4 is 36.6 Å². The first-order valence-electron chi connectivity index (χ1n) is 23.8. The second kappa shape index (κ2) is 20.0. The fraction of sp³-hybridized carbons (Fsp3) is 0.440. The average Bonchev–Trinajstić information content (AvgIpc) is 3.59. The summed E-state index contributed by atoms with van der Waals surface area (Å²) in [6.07, 6.45) is 6.17. The number of piperazine rings is 1. The van der Waals surface area contributed by atoms with E-state index < -0.39 is 24.8 Å². The predicted octanol–water partition coefficient (Wildman–Crippen LogP) is 7.26. The summed E-state index contributed by atoms with van der Waals surface area (Å²) in [7, 11) is 0.534. The van der Waals surface area contributed by atoms with Gasteiger partial charge in [0, 0.05) is 105 Å². The van der Waals surface area contributed by atoms with E-state index in [2.05, 4.69) is 77.5 Å². The van der Waals surface area contributed by atoms with E-state index in [0.29, 0.717) is 63.3 Å². The highest BCUT2D eigenvalue weighted by molar-refractivity contribution is 9.10. The number of imidazole rings is 1. The second-order valence-electron chi connectivity index (χ2n) is 18.6. The molecular weight excluding hydrogens is 964 g/mol. The molecule has 16 nitrogen and oxygen atoms in total. The fourth-order valence-electron chi connectivity index (χ4n) is 10.4. The van der Waals surface area contributed by atoms with Crippen molar-refractivity contribution in [1.82, 2.24) is 39.2 Å². The lowest BCUT2D eigenvalue weighted by Gasteiger charge is -2.43. The quantitative estimate of drug-likeness (QED) is 0.0737. The summed E-state index contributed by atoms with van der Waals surface area (Å²) < 4.78 is 38.7. The predicted molar refractivity (Wildman–Crippen MR) is 274 cm³/mol. The average molecular weight is 1020 g/mol. The van der Waals surface area contributed by atoms with Gasteiger partial charge in [0.15, 0.2) is 0 Å². The third kappa shape index (κ3) is 9.77. The van der Waals surface area contributed by atoms with Crippen LogP contribution in [0, 0.1) is 5.82 Å². The molecule has 364 valence electrons. The number of fused-ring (bicyclic) bond motifs is 2. The fourth-order valence-corrected chi connectivity index (χ4v) is 12.2. The van der Waals surface area contributed by atoms with E-state index in [1.165, 1.54) is 20.8 Å². The lowest BCUT2D eigenvalue weighted by atomic mass is 9.99. The Balaban J connectivity index is 0.826. The number of aromatic nitrogens is 5. The number of imide groups is 1. The number of carbonyl (C=O) groups is 2. The Labute approximate surface area is 409 Å². The van der Waals surface area contributed by atoms with Crippen molar-refractivity contribution in [3.05, 3.63) is 92.3 Å². The Morgan fingerprint density at radius 1 is 0.913 bits per heavy atom. The van der Waals surface area contributed by atoms with Gasteiger partial charge in [0.05, 0.1) is 39.5 Å². The molecule has 1 atom stereocenters. The minimum absolute atomic E-state index is 0.144. The summed E-state index contributed by atoms with van der Waals surface area (Å²) >= 11 is 3.63. The first-order chi connectivity index (χ1) is 33.1. The number of benzene rings is 3. The van der Waals surface area contributed by atoms with Crippen LogP contribution in [0.4, 0.5) is 33.2 Å². The highest BCUT2D eigenvalue weighted by Gasteiger charge is 2.33. The minimum atomic E-state index is -2.75. The lowest BCUT2D eigenvalue weighted by molar-refractivity contribution is -0.135. The molecule has 0 bridgehead atoms. The van der Waals surface area contributed by atoms with E-state index in [-0.39, 0.29) is 24.6 Å². The number of nitrogens with one attached hydrogen (secondary N) is 3. The third-order valence-corrected chi connectivity index (χ3v) is 16.2. The first-order valence-corrected chi connectivity index (χ1v) is 27.2. The van der Waals surface area contributed by atoms with Crippen LogP contribution in [0.5, 0.6) is 5.75 Å². The number of halogens is 2. The van der Waals surface area contributed by atoms with E-state index in [0.717, 1.165) is 98.2 Å². The molecule has 3 aliphatic heterocycles. The lowest BCUT2D eigenvalue weighted by Crippen LogP contribution is -2.53. The number of pyridine rings is 1. The van der Waals surface area contributed by atoms with Gasteiger partial charge in [0.1, 0.15) is 30.6 Å². The van der Waals surface area contributed by atoms with Gasteiger partial charge in [-0.3, -0.25) is 33.9 Å². The molecule has 19 heteroatoms. The van der Waals surface area contributed by atoms with Gasteiger partial charge in [-0.05, 0) is 110 Å². The third-order valence-electron chi connectivity index (χ3n) is 14.0. The van der Waals surface area contributed by atoms with Crippen molar-refractivity contribution in [2.24, 2.45) is 7.05 Å². The number of piperidine rings is 2. The van der Waals surface area contributed by atoms with E-state index in [1.54, 1.807) is 39.8 Å². The number of amides is 2. The molecule has 0 aliphatic carbocycles. The van der Waals surface area contributed by atoms with Gasteiger partial charge in [0.25, 0.3) is 0 Å². The van der Waals surface area contributed by atoms with Gasteiger partial charge >= 0.3 is 5.69 Å². The van der Waals surface area contributed by atoms with Gasteiger partial charge in [-0.1, -0.05) is 19.9 Å².